The standard InChI is InChI=1S/C43H75NO4/c1-5-7-9-11-13-15-17-19-21-23-25-27-29-31-33-35-42(45)47-40-37-39(44(3)4)38-41(40)48-43(46)36-34-32-30-28-26-24-22-20-18-16-14-12-10-8-6-2/h13-16,19-22,39-41H,5-12,17-18,23-38H2,1-4H3/b15-13-,16-14-,21-19-,22-20-/t39-,40-,41+. The van der Waals surface area contributed by atoms with Crippen molar-refractivity contribution >= 4 is 11.9 Å². The number of hydrogen-bond donors (Lipinski definition) is 0. The Balaban J connectivity index is 2.14. The zero-order chi connectivity index (χ0) is 34.9. The van der Waals surface area contributed by atoms with Gasteiger partial charge >= 0.3 is 11.9 Å². The monoisotopic (exact) mass is 670 g/mol. The largest absolute Gasteiger partial charge is 0.458 e. The first-order valence-electron chi connectivity index (χ1n) is 20.1. The van der Waals surface area contributed by atoms with Crippen molar-refractivity contribution in [3.8, 4) is 0 Å². The molecule has 0 spiro atoms. The van der Waals surface area contributed by atoms with Crippen molar-refractivity contribution in [1.82, 2.24) is 4.90 Å². The van der Waals surface area contributed by atoms with Gasteiger partial charge in [-0.1, -0.05) is 127 Å². The molecule has 1 rings (SSSR count). The number of carbonyl (C=O) groups is 2. The van der Waals surface area contributed by atoms with Crippen LogP contribution in [0.25, 0.3) is 0 Å². The van der Waals surface area contributed by atoms with Gasteiger partial charge in [0.15, 0.2) is 0 Å². The second kappa shape index (κ2) is 32.1. The predicted octanol–water partition coefficient (Wildman–Crippen LogP) is 12.2. The van der Waals surface area contributed by atoms with E-state index >= 15 is 0 Å². The van der Waals surface area contributed by atoms with Crippen molar-refractivity contribution in [2.24, 2.45) is 0 Å². The Bertz CT molecular complexity index is 821. The quantitative estimate of drug-likeness (QED) is 0.0418. The Hall–Kier alpha value is -2.14. The number of esters is 2. The summed E-state index contributed by atoms with van der Waals surface area (Å²) in [5, 5.41) is 0. The van der Waals surface area contributed by atoms with E-state index in [-0.39, 0.29) is 30.2 Å². The first-order chi connectivity index (χ1) is 23.5. The minimum Gasteiger partial charge on any atom is -0.458 e. The van der Waals surface area contributed by atoms with Crippen LogP contribution in [0.15, 0.2) is 48.6 Å². The Kier molecular flexibility index (Phi) is 29.3. The van der Waals surface area contributed by atoms with Gasteiger partial charge in [-0.25, -0.2) is 0 Å². The highest BCUT2D eigenvalue weighted by Crippen LogP contribution is 2.29. The highest BCUT2D eigenvalue weighted by Gasteiger charge is 2.40. The maximum Gasteiger partial charge on any atom is 0.306 e. The first-order valence-corrected chi connectivity index (χ1v) is 20.1. The molecule has 0 N–H and O–H groups in total. The van der Waals surface area contributed by atoms with Crippen molar-refractivity contribution in [3.05, 3.63) is 48.6 Å². The molecule has 5 heteroatoms. The molecule has 0 aromatic heterocycles. The fraction of sp³-hybridized carbons (Fsp3) is 0.767. The number of carbonyl (C=O) groups excluding carboxylic acids is 2. The van der Waals surface area contributed by atoms with E-state index in [2.05, 4.69) is 67.4 Å². The second-order valence-electron chi connectivity index (χ2n) is 14.1. The lowest BCUT2D eigenvalue weighted by Gasteiger charge is -2.20. The molecule has 0 aromatic carbocycles. The number of unbranched alkanes of at least 4 members (excludes halogenated alkanes) is 16. The minimum absolute atomic E-state index is 0.153. The van der Waals surface area contributed by atoms with Gasteiger partial charge in [0.25, 0.3) is 0 Å². The van der Waals surface area contributed by atoms with Gasteiger partial charge < -0.3 is 14.4 Å². The average molecular weight is 670 g/mol. The van der Waals surface area contributed by atoms with E-state index in [1.54, 1.807) is 0 Å². The molecular weight excluding hydrogens is 594 g/mol. The molecule has 3 atom stereocenters. The summed E-state index contributed by atoms with van der Waals surface area (Å²) >= 11 is 0. The van der Waals surface area contributed by atoms with E-state index in [1.807, 2.05) is 14.1 Å². The van der Waals surface area contributed by atoms with Crippen LogP contribution < -0.4 is 0 Å². The summed E-state index contributed by atoms with van der Waals surface area (Å²) in [4.78, 5) is 27.5. The number of ether oxygens (including phenoxy) is 2. The van der Waals surface area contributed by atoms with Crippen molar-refractivity contribution in [1.29, 1.82) is 0 Å². The molecule has 276 valence electrons. The van der Waals surface area contributed by atoms with Crippen molar-refractivity contribution < 1.29 is 19.1 Å². The lowest BCUT2D eigenvalue weighted by atomic mass is 10.1. The molecule has 5 nitrogen and oxygen atoms in total. The second-order valence-corrected chi connectivity index (χ2v) is 14.1. The number of nitrogens with zero attached hydrogens (tertiary/aromatic N) is 1. The molecule has 1 fully saturated rings. The van der Waals surface area contributed by atoms with Gasteiger partial charge in [-0.3, -0.25) is 9.59 Å². The highest BCUT2D eigenvalue weighted by atomic mass is 16.6. The molecule has 0 heterocycles. The van der Waals surface area contributed by atoms with E-state index in [1.165, 1.54) is 77.0 Å². The molecule has 1 aliphatic carbocycles. The SMILES string of the molecule is CCCCC/C=C\C/C=C\CCCCCCCC(=O)O[C@H]1C[C@H](N(C)C)C[C@H]1OC(=O)CCCCCCC/C=C\C/C=C\CCCCC. The average Bonchev–Trinajstić information content (AvgIpc) is 3.46. The summed E-state index contributed by atoms with van der Waals surface area (Å²) in [6, 6.07) is 0.257. The first kappa shape index (κ1) is 43.9. The number of hydrogen-bond acceptors (Lipinski definition) is 5. The predicted molar refractivity (Wildman–Crippen MR) is 205 cm³/mol. The topological polar surface area (TPSA) is 55.8 Å². The van der Waals surface area contributed by atoms with E-state index < -0.39 is 0 Å². The lowest BCUT2D eigenvalue weighted by Crippen LogP contribution is -2.30. The Labute approximate surface area is 297 Å². The fourth-order valence-corrected chi connectivity index (χ4v) is 6.22. The van der Waals surface area contributed by atoms with Gasteiger partial charge in [-0.15, -0.1) is 0 Å². The van der Waals surface area contributed by atoms with Gasteiger partial charge in [0.05, 0.1) is 0 Å². The molecule has 48 heavy (non-hydrogen) atoms. The summed E-state index contributed by atoms with van der Waals surface area (Å²) in [6.07, 6.45) is 45.5. The summed E-state index contributed by atoms with van der Waals surface area (Å²) in [5.41, 5.74) is 0. The van der Waals surface area contributed by atoms with Crippen molar-refractivity contribution in [2.45, 2.75) is 199 Å². The molecule has 1 saturated carbocycles. The summed E-state index contributed by atoms with van der Waals surface area (Å²) < 4.78 is 11.8. The number of allylic oxidation sites excluding steroid dienone is 8. The summed E-state index contributed by atoms with van der Waals surface area (Å²) in [6.45, 7) is 4.49. The Morgan fingerprint density at radius 2 is 0.833 bits per heavy atom. The van der Waals surface area contributed by atoms with Gasteiger partial charge in [0.2, 0.25) is 0 Å². The summed E-state index contributed by atoms with van der Waals surface area (Å²) in [7, 11) is 4.08. The molecule has 0 radical (unpaired) electrons. The fourth-order valence-electron chi connectivity index (χ4n) is 6.22. The van der Waals surface area contributed by atoms with Crippen LogP contribution in [0.1, 0.15) is 181 Å². The maximum absolute atomic E-state index is 12.7. The van der Waals surface area contributed by atoms with Crippen LogP contribution in [0.5, 0.6) is 0 Å². The van der Waals surface area contributed by atoms with Gasteiger partial charge in [0.1, 0.15) is 12.2 Å². The van der Waals surface area contributed by atoms with Crippen LogP contribution >= 0.6 is 0 Å². The third-order valence-corrected chi connectivity index (χ3v) is 9.38. The molecule has 1 aliphatic rings. The number of rotatable bonds is 31. The minimum atomic E-state index is -0.337. The van der Waals surface area contributed by atoms with E-state index in [0.717, 1.165) is 77.0 Å². The van der Waals surface area contributed by atoms with Crippen LogP contribution in [0.2, 0.25) is 0 Å². The third-order valence-electron chi connectivity index (χ3n) is 9.38. The molecule has 0 aromatic rings. The maximum atomic E-state index is 12.7. The van der Waals surface area contributed by atoms with Crippen LogP contribution in [-0.4, -0.2) is 49.2 Å². The van der Waals surface area contributed by atoms with Gasteiger partial charge in [0, 0.05) is 31.7 Å². The van der Waals surface area contributed by atoms with E-state index in [9.17, 15) is 9.59 Å². The van der Waals surface area contributed by atoms with E-state index in [4.69, 9.17) is 9.47 Å². The lowest BCUT2D eigenvalue weighted by molar-refractivity contribution is -0.165. The Morgan fingerprint density at radius 3 is 1.19 bits per heavy atom. The molecular formula is C43H75NO4. The Morgan fingerprint density at radius 1 is 0.500 bits per heavy atom. The van der Waals surface area contributed by atoms with Crippen molar-refractivity contribution in [2.75, 3.05) is 14.1 Å². The summed E-state index contributed by atoms with van der Waals surface area (Å²) in [5.74, 6) is -0.306. The zero-order valence-electron chi connectivity index (χ0n) is 31.8. The van der Waals surface area contributed by atoms with Crippen LogP contribution in [0, 0.1) is 0 Å². The molecule has 0 bridgehead atoms. The highest BCUT2D eigenvalue weighted by molar-refractivity contribution is 5.70. The van der Waals surface area contributed by atoms with Crippen LogP contribution in [0.4, 0.5) is 0 Å². The molecule has 0 unspecified atom stereocenters. The van der Waals surface area contributed by atoms with Crippen LogP contribution in [0.3, 0.4) is 0 Å². The molecule has 0 aliphatic heterocycles. The molecule has 0 amide bonds. The van der Waals surface area contributed by atoms with Crippen LogP contribution in [-0.2, 0) is 19.1 Å². The zero-order valence-corrected chi connectivity index (χ0v) is 31.8. The van der Waals surface area contributed by atoms with Gasteiger partial charge in [-0.05, 0) is 91.1 Å². The molecule has 0 saturated heterocycles. The normalized spacial score (nSPS) is 18.4. The smallest absolute Gasteiger partial charge is 0.306 e. The van der Waals surface area contributed by atoms with Gasteiger partial charge in [-0.2, -0.15) is 0 Å². The van der Waals surface area contributed by atoms with E-state index in [0.29, 0.717) is 12.8 Å². The third kappa shape index (κ3) is 25.8. The van der Waals surface area contributed by atoms with Crippen molar-refractivity contribution in [3.63, 3.8) is 0 Å².